The largest absolute Gasteiger partial charge is 0.497 e. The molecule has 4 aromatic carbocycles. The van der Waals surface area contributed by atoms with Gasteiger partial charge in [-0.25, -0.2) is 17.9 Å². The van der Waals surface area contributed by atoms with E-state index in [1.54, 1.807) is 62.6 Å². The first kappa shape index (κ1) is 30.0. The van der Waals surface area contributed by atoms with Crippen LogP contribution in [0.1, 0.15) is 35.2 Å². The molecule has 0 unspecified atom stereocenters. The lowest BCUT2D eigenvalue weighted by atomic mass is 9.80. The fourth-order valence-electron chi connectivity index (χ4n) is 4.75. The average Bonchev–Trinajstić information content (AvgIpc) is 2.99. The summed E-state index contributed by atoms with van der Waals surface area (Å²) < 4.78 is 41.7. The number of hydrogen-bond acceptors (Lipinski definition) is 6. The third-order valence-corrected chi connectivity index (χ3v) is 8.40. The van der Waals surface area contributed by atoms with Gasteiger partial charge in [0.05, 0.1) is 24.7 Å². The molecule has 2 atom stereocenters. The lowest BCUT2D eigenvalue weighted by Gasteiger charge is -2.40. The number of carbonyl (C=O) groups excluding carboxylic acids is 1. The number of hydrogen-bond donors (Lipinski definition) is 2. The number of methoxy groups -OCH3 is 1. The lowest BCUT2D eigenvalue weighted by Crippen LogP contribution is -2.62. The van der Waals surface area contributed by atoms with Crippen molar-refractivity contribution in [3.63, 3.8) is 0 Å². The SMILES string of the molecule is CCOC(=O)[C@@](Cc1ccccc1)(NCc1ccccc1)[C@H](NS(=O)(=O)c1ccc(C)cc1)c1ccc(OC)cc1. The van der Waals surface area contributed by atoms with Crippen LogP contribution in [-0.2, 0) is 32.5 Å². The van der Waals surface area contributed by atoms with Crippen molar-refractivity contribution in [1.82, 2.24) is 10.0 Å². The fourth-order valence-corrected chi connectivity index (χ4v) is 6.03. The second kappa shape index (κ2) is 13.6. The predicted molar refractivity (Wildman–Crippen MR) is 160 cm³/mol. The van der Waals surface area contributed by atoms with Crippen LogP contribution < -0.4 is 14.8 Å². The van der Waals surface area contributed by atoms with Gasteiger partial charge in [0.25, 0.3) is 0 Å². The standard InChI is InChI=1S/C33H36N2O5S/c1-4-40-32(36)33(23-26-11-7-5-8-12-26,34-24-27-13-9-6-10-14-27)31(28-17-19-29(39-3)20-18-28)35-41(37,38)30-21-15-25(2)16-22-30/h5-22,31,34-35H,4,23-24H2,1-3H3/t31-,33+/m1/s1. The molecule has 41 heavy (non-hydrogen) atoms. The number of ether oxygens (including phenoxy) is 2. The van der Waals surface area contributed by atoms with Gasteiger partial charge in [0.1, 0.15) is 11.3 Å². The zero-order valence-corrected chi connectivity index (χ0v) is 24.4. The van der Waals surface area contributed by atoms with Crippen molar-refractivity contribution in [2.45, 2.75) is 43.3 Å². The van der Waals surface area contributed by atoms with Crippen molar-refractivity contribution in [3.8, 4) is 5.75 Å². The van der Waals surface area contributed by atoms with Gasteiger partial charge < -0.3 is 9.47 Å². The third-order valence-electron chi connectivity index (χ3n) is 6.96. The molecule has 0 saturated carbocycles. The quantitative estimate of drug-likeness (QED) is 0.210. The van der Waals surface area contributed by atoms with Crippen LogP contribution in [0.4, 0.5) is 0 Å². The molecule has 0 aliphatic heterocycles. The summed E-state index contributed by atoms with van der Waals surface area (Å²) in [5.41, 5.74) is 1.76. The first-order valence-electron chi connectivity index (χ1n) is 13.5. The molecule has 0 aliphatic carbocycles. The Morgan fingerprint density at radius 3 is 1.98 bits per heavy atom. The van der Waals surface area contributed by atoms with E-state index >= 15 is 0 Å². The first-order chi connectivity index (χ1) is 19.8. The van der Waals surface area contributed by atoms with Crippen molar-refractivity contribution in [1.29, 1.82) is 0 Å². The monoisotopic (exact) mass is 572 g/mol. The van der Waals surface area contributed by atoms with Crippen molar-refractivity contribution in [2.24, 2.45) is 0 Å². The Labute approximate surface area is 242 Å². The maximum absolute atomic E-state index is 14.2. The van der Waals surface area contributed by atoms with E-state index < -0.39 is 27.6 Å². The van der Waals surface area contributed by atoms with Crippen LogP contribution in [0.15, 0.2) is 114 Å². The molecule has 214 valence electrons. The minimum absolute atomic E-state index is 0.0992. The fraction of sp³-hybridized carbons (Fsp3) is 0.242. The molecule has 4 aromatic rings. The van der Waals surface area contributed by atoms with Crippen LogP contribution in [0.2, 0.25) is 0 Å². The molecule has 2 N–H and O–H groups in total. The minimum Gasteiger partial charge on any atom is -0.497 e. The van der Waals surface area contributed by atoms with E-state index in [4.69, 9.17) is 9.47 Å². The Hall–Kier alpha value is -3.98. The molecule has 0 heterocycles. The average molecular weight is 573 g/mol. The molecule has 0 amide bonds. The zero-order chi connectivity index (χ0) is 29.3. The van der Waals surface area contributed by atoms with Crippen molar-refractivity contribution < 1.29 is 22.7 Å². The van der Waals surface area contributed by atoms with Crippen LogP contribution in [0.3, 0.4) is 0 Å². The minimum atomic E-state index is -4.08. The highest BCUT2D eigenvalue weighted by molar-refractivity contribution is 7.89. The van der Waals surface area contributed by atoms with Crippen LogP contribution >= 0.6 is 0 Å². The van der Waals surface area contributed by atoms with Crippen LogP contribution in [0.5, 0.6) is 5.75 Å². The summed E-state index contributed by atoms with van der Waals surface area (Å²) in [6.45, 7) is 4.05. The van der Waals surface area contributed by atoms with E-state index in [1.165, 1.54) is 0 Å². The number of benzene rings is 4. The summed E-state index contributed by atoms with van der Waals surface area (Å²) >= 11 is 0. The highest BCUT2D eigenvalue weighted by Gasteiger charge is 2.49. The number of esters is 1. The normalized spacial score (nSPS) is 13.6. The summed E-state index contributed by atoms with van der Waals surface area (Å²) in [7, 11) is -2.51. The molecule has 4 rings (SSSR count). The van der Waals surface area contributed by atoms with Crippen molar-refractivity contribution >= 4 is 16.0 Å². The van der Waals surface area contributed by atoms with Crippen molar-refractivity contribution in [3.05, 3.63) is 131 Å². The Bertz CT molecular complexity index is 1510. The Morgan fingerprint density at radius 2 is 1.41 bits per heavy atom. The van der Waals surface area contributed by atoms with E-state index in [0.29, 0.717) is 17.9 Å². The van der Waals surface area contributed by atoms with Gasteiger partial charge in [-0.05, 0) is 54.8 Å². The van der Waals surface area contributed by atoms with E-state index in [2.05, 4.69) is 10.0 Å². The number of sulfonamides is 1. The predicted octanol–water partition coefficient (Wildman–Crippen LogP) is 5.36. The van der Waals surface area contributed by atoms with E-state index in [9.17, 15) is 13.2 Å². The van der Waals surface area contributed by atoms with E-state index in [1.807, 2.05) is 67.6 Å². The first-order valence-corrected chi connectivity index (χ1v) is 15.0. The number of rotatable bonds is 13. The molecular formula is C33H36N2O5S. The molecule has 8 heteroatoms. The maximum atomic E-state index is 14.2. The number of nitrogens with one attached hydrogen (secondary N) is 2. The zero-order valence-electron chi connectivity index (χ0n) is 23.5. The van der Waals surface area contributed by atoms with Gasteiger partial charge in [-0.2, -0.15) is 0 Å². The van der Waals surface area contributed by atoms with Gasteiger partial charge in [0.2, 0.25) is 10.0 Å². The van der Waals surface area contributed by atoms with Gasteiger partial charge in [0, 0.05) is 13.0 Å². The second-order valence-electron chi connectivity index (χ2n) is 9.83. The summed E-state index contributed by atoms with van der Waals surface area (Å²) in [4.78, 5) is 14.3. The van der Waals surface area contributed by atoms with Gasteiger partial charge in [-0.3, -0.25) is 5.32 Å². The van der Waals surface area contributed by atoms with Gasteiger partial charge in [-0.15, -0.1) is 0 Å². The summed E-state index contributed by atoms with van der Waals surface area (Å²) in [6, 6.07) is 31.7. The lowest BCUT2D eigenvalue weighted by molar-refractivity contribution is -0.152. The molecule has 7 nitrogen and oxygen atoms in total. The topological polar surface area (TPSA) is 93.7 Å². The smallest absolute Gasteiger partial charge is 0.328 e. The van der Waals surface area contributed by atoms with Crippen LogP contribution in [-0.4, -0.2) is 33.6 Å². The highest BCUT2D eigenvalue weighted by atomic mass is 32.2. The molecule has 0 aliphatic rings. The van der Waals surface area contributed by atoms with Crippen LogP contribution in [0.25, 0.3) is 0 Å². The molecule has 0 aromatic heterocycles. The van der Waals surface area contributed by atoms with Gasteiger partial charge >= 0.3 is 5.97 Å². The Morgan fingerprint density at radius 1 is 0.829 bits per heavy atom. The summed E-state index contributed by atoms with van der Waals surface area (Å²) in [6.07, 6.45) is 0.159. The summed E-state index contributed by atoms with van der Waals surface area (Å²) in [5, 5.41) is 3.46. The molecular weight excluding hydrogens is 536 g/mol. The highest BCUT2D eigenvalue weighted by Crippen LogP contribution is 2.34. The van der Waals surface area contributed by atoms with E-state index in [-0.39, 0.29) is 17.9 Å². The molecule has 0 spiro atoms. The van der Waals surface area contributed by atoms with Crippen LogP contribution in [0, 0.1) is 6.92 Å². The number of carbonyl (C=O) groups is 1. The molecule has 0 radical (unpaired) electrons. The molecule has 0 fully saturated rings. The third kappa shape index (κ3) is 7.41. The van der Waals surface area contributed by atoms with Gasteiger partial charge in [-0.1, -0.05) is 90.5 Å². The Balaban J connectivity index is 1.91. The summed E-state index contributed by atoms with van der Waals surface area (Å²) in [5.74, 6) is 0.0446. The van der Waals surface area contributed by atoms with E-state index in [0.717, 1.165) is 16.7 Å². The maximum Gasteiger partial charge on any atom is 0.328 e. The Kier molecular flexibility index (Phi) is 9.94. The molecule has 0 saturated heterocycles. The molecule has 0 bridgehead atoms. The van der Waals surface area contributed by atoms with Crippen molar-refractivity contribution in [2.75, 3.05) is 13.7 Å². The number of aryl methyl sites for hydroxylation is 1. The second-order valence-corrected chi connectivity index (χ2v) is 11.5. The van der Waals surface area contributed by atoms with Gasteiger partial charge in [0.15, 0.2) is 0 Å².